The molecule has 0 aliphatic rings. The number of alkyl halides is 3. The van der Waals surface area contributed by atoms with Gasteiger partial charge in [0.2, 0.25) is 0 Å². The Bertz CT molecular complexity index is 418. The van der Waals surface area contributed by atoms with Gasteiger partial charge in [-0.15, -0.1) is 0 Å². The van der Waals surface area contributed by atoms with E-state index >= 15 is 0 Å². The number of amides is 2. The highest BCUT2D eigenvalue weighted by Crippen LogP contribution is 2.31. The topological polar surface area (TPSA) is 49.6 Å². The highest BCUT2D eigenvalue weighted by Gasteiger charge is 2.31. The van der Waals surface area contributed by atoms with Crippen LogP contribution in [0.1, 0.15) is 5.56 Å². The van der Waals surface area contributed by atoms with Crippen LogP contribution in [0, 0.1) is 0 Å². The van der Waals surface area contributed by atoms with E-state index in [-0.39, 0.29) is 5.69 Å². The number of nitrogens with zero attached hydrogens (tertiary/aromatic N) is 2. The van der Waals surface area contributed by atoms with Gasteiger partial charge in [0.05, 0.1) is 11.3 Å². The van der Waals surface area contributed by atoms with E-state index in [1.54, 1.807) is 0 Å². The maximum Gasteiger partial charge on any atom is 0.416 e. The van der Waals surface area contributed by atoms with E-state index in [2.05, 4.69) is 0 Å². The van der Waals surface area contributed by atoms with Gasteiger partial charge >= 0.3 is 12.2 Å². The number of benzene rings is 1. The Hall–Kier alpha value is -1.76. The van der Waals surface area contributed by atoms with Crippen LogP contribution in [0.4, 0.5) is 23.7 Å². The summed E-state index contributed by atoms with van der Waals surface area (Å²) in [5, 5.41) is 0.662. The van der Waals surface area contributed by atoms with Gasteiger partial charge in [-0.25, -0.2) is 15.6 Å². The lowest BCUT2D eigenvalue weighted by Crippen LogP contribution is -2.44. The van der Waals surface area contributed by atoms with Crippen LogP contribution in [-0.4, -0.2) is 25.0 Å². The molecule has 0 radical (unpaired) electrons. The number of hydrogen-bond acceptors (Lipinski definition) is 2. The van der Waals surface area contributed by atoms with Crippen LogP contribution in [0.2, 0.25) is 0 Å². The first-order valence-electron chi connectivity index (χ1n) is 4.67. The predicted molar refractivity (Wildman–Crippen MR) is 57.2 cm³/mol. The van der Waals surface area contributed by atoms with Gasteiger partial charge in [-0.05, 0) is 18.2 Å². The van der Waals surface area contributed by atoms with Crippen LogP contribution >= 0.6 is 0 Å². The molecule has 2 amide bonds. The van der Waals surface area contributed by atoms with Crippen LogP contribution < -0.4 is 10.9 Å². The van der Waals surface area contributed by atoms with Gasteiger partial charge < -0.3 is 4.90 Å². The molecule has 0 aliphatic carbocycles. The summed E-state index contributed by atoms with van der Waals surface area (Å²) in [5.74, 6) is 5.43. The molecule has 0 bridgehead atoms. The first-order valence-corrected chi connectivity index (χ1v) is 4.67. The molecule has 17 heavy (non-hydrogen) atoms. The van der Waals surface area contributed by atoms with E-state index in [1.165, 1.54) is 31.1 Å². The van der Waals surface area contributed by atoms with E-state index < -0.39 is 17.8 Å². The minimum atomic E-state index is -4.46. The van der Waals surface area contributed by atoms with Crippen molar-refractivity contribution in [1.29, 1.82) is 0 Å². The van der Waals surface area contributed by atoms with Gasteiger partial charge in [-0.3, -0.25) is 0 Å². The number of urea groups is 1. The molecule has 4 nitrogen and oxygen atoms in total. The molecule has 0 spiro atoms. The molecule has 1 aromatic carbocycles. The Morgan fingerprint density at radius 2 is 1.88 bits per heavy atom. The molecule has 0 unspecified atom stereocenters. The summed E-state index contributed by atoms with van der Waals surface area (Å²) in [7, 11) is 2.91. The molecule has 0 heterocycles. The summed E-state index contributed by atoms with van der Waals surface area (Å²) >= 11 is 0. The number of nitrogens with two attached hydrogens (primary N) is 1. The van der Waals surface area contributed by atoms with Gasteiger partial charge in [0.1, 0.15) is 0 Å². The number of hydrogen-bond donors (Lipinski definition) is 1. The van der Waals surface area contributed by atoms with E-state index in [4.69, 9.17) is 5.84 Å². The molecule has 7 heteroatoms. The normalized spacial score (nSPS) is 11.2. The highest BCUT2D eigenvalue weighted by atomic mass is 19.4. The highest BCUT2D eigenvalue weighted by molar-refractivity contribution is 5.90. The summed E-state index contributed by atoms with van der Waals surface area (Å²) < 4.78 is 37.3. The van der Waals surface area contributed by atoms with Gasteiger partial charge in [-0.1, -0.05) is 6.07 Å². The van der Waals surface area contributed by atoms with Gasteiger partial charge in [-0.2, -0.15) is 13.2 Å². The van der Waals surface area contributed by atoms with Crippen molar-refractivity contribution in [2.75, 3.05) is 19.1 Å². The molecule has 0 aromatic heterocycles. The lowest BCUT2D eigenvalue weighted by Gasteiger charge is -2.21. The molecule has 0 fully saturated rings. The van der Waals surface area contributed by atoms with Crippen LogP contribution in [0.3, 0.4) is 0 Å². The van der Waals surface area contributed by atoms with Gasteiger partial charge in [0, 0.05) is 14.1 Å². The van der Waals surface area contributed by atoms with Crippen molar-refractivity contribution in [2.24, 2.45) is 5.84 Å². The average molecular weight is 247 g/mol. The molecule has 0 atom stereocenters. The van der Waals surface area contributed by atoms with Crippen molar-refractivity contribution in [1.82, 2.24) is 4.90 Å². The van der Waals surface area contributed by atoms with Gasteiger partial charge in [0.25, 0.3) is 0 Å². The zero-order valence-corrected chi connectivity index (χ0v) is 9.32. The molecular weight excluding hydrogens is 235 g/mol. The number of hydrazine groups is 1. The van der Waals surface area contributed by atoms with Crippen LogP contribution in [-0.2, 0) is 6.18 Å². The molecule has 94 valence electrons. The molecule has 0 saturated carbocycles. The standard InChI is InChI=1S/C10H12F3N3O/c1-15(2)9(17)16(14)8-5-3-4-7(6-8)10(11,12)13/h3-6H,14H2,1-2H3. The number of halogens is 3. The van der Waals surface area contributed by atoms with Crippen molar-refractivity contribution in [3.05, 3.63) is 29.8 Å². The van der Waals surface area contributed by atoms with Crippen LogP contribution in [0.15, 0.2) is 24.3 Å². The first-order chi connectivity index (χ1) is 7.73. The molecule has 0 aliphatic heterocycles. The Kier molecular flexibility index (Phi) is 3.62. The summed E-state index contributed by atoms with van der Waals surface area (Å²) in [6.07, 6.45) is -4.46. The maximum absolute atomic E-state index is 12.4. The summed E-state index contributed by atoms with van der Waals surface area (Å²) in [4.78, 5) is 12.6. The third-order valence-electron chi connectivity index (χ3n) is 2.04. The van der Waals surface area contributed by atoms with Gasteiger partial charge in [0.15, 0.2) is 0 Å². The Morgan fingerprint density at radius 1 is 1.29 bits per heavy atom. The van der Waals surface area contributed by atoms with Crippen molar-refractivity contribution >= 4 is 11.7 Å². The largest absolute Gasteiger partial charge is 0.416 e. The third-order valence-corrected chi connectivity index (χ3v) is 2.04. The zero-order chi connectivity index (χ0) is 13.2. The number of carbonyl (C=O) groups excluding carboxylic acids is 1. The lowest BCUT2D eigenvalue weighted by molar-refractivity contribution is -0.137. The summed E-state index contributed by atoms with van der Waals surface area (Å²) in [6, 6.07) is 3.65. The van der Waals surface area contributed by atoms with Crippen molar-refractivity contribution < 1.29 is 18.0 Å². The van der Waals surface area contributed by atoms with Crippen molar-refractivity contribution in [3.63, 3.8) is 0 Å². The Morgan fingerprint density at radius 3 is 2.35 bits per heavy atom. The second-order valence-electron chi connectivity index (χ2n) is 3.60. The molecule has 2 N–H and O–H groups in total. The average Bonchev–Trinajstić information content (AvgIpc) is 2.26. The minimum absolute atomic E-state index is 0.0153. The monoisotopic (exact) mass is 247 g/mol. The Labute approximate surface area is 96.4 Å². The zero-order valence-electron chi connectivity index (χ0n) is 9.32. The summed E-state index contributed by atoms with van der Waals surface area (Å²) in [6.45, 7) is 0. The van der Waals surface area contributed by atoms with E-state index in [9.17, 15) is 18.0 Å². The quantitative estimate of drug-likeness (QED) is 0.469. The summed E-state index contributed by atoms with van der Waals surface area (Å²) in [5.41, 5.74) is -0.865. The van der Waals surface area contributed by atoms with Crippen molar-refractivity contribution in [2.45, 2.75) is 6.18 Å². The number of anilines is 1. The number of rotatable bonds is 1. The molecular formula is C10H12F3N3O. The van der Waals surface area contributed by atoms with Crippen LogP contribution in [0.25, 0.3) is 0 Å². The second-order valence-corrected chi connectivity index (χ2v) is 3.60. The van der Waals surface area contributed by atoms with Crippen LogP contribution in [0.5, 0.6) is 0 Å². The van der Waals surface area contributed by atoms with Crippen molar-refractivity contribution in [3.8, 4) is 0 Å². The predicted octanol–water partition coefficient (Wildman–Crippen LogP) is 2.07. The third kappa shape index (κ3) is 3.10. The number of carbonyl (C=O) groups is 1. The first kappa shape index (κ1) is 13.3. The Balaban J connectivity index is 3.04. The molecule has 1 rings (SSSR count). The fourth-order valence-corrected chi connectivity index (χ4v) is 1.16. The fraction of sp³-hybridized carbons (Fsp3) is 0.300. The molecule has 0 saturated heterocycles. The fourth-order valence-electron chi connectivity index (χ4n) is 1.16. The van der Waals surface area contributed by atoms with E-state index in [0.29, 0.717) is 5.01 Å². The minimum Gasteiger partial charge on any atom is -0.329 e. The van der Waals surface area contributed by atoms with E-state index in [0.717, 1.165) is 12.1 Å². The van der Waals surface area contributed by atoms with E-state index in [1.807, 2.05) is 0 Å². The SMILES string of the molecule is CN(C)C(=O)N(N)c1cccc(C(F)(F)F)c1. The smallest absolute Gasteiger partial charge is 0.329 e. The maximum atomic E-state index is 12.4. The molecule has 1 aromatic rings. The second kappa shape index (κ2) is 4.62. The lowest BCUT2D eigenvalue weighted by atomic mass is 10.2.